The van der Waals surface area contributed by atoms with E-state index in [1.807, 2.05) is 19.1 Å². The Bertz CT molecular complexity index is 314. The lowest BCUT2D eigenvalue weighted by Gasteiger charge is -2.26. The maximum atomic E-state index is 9.83. The molecule has 2 nitrogen and oxygen atoms in total. The Morgan fingerprint density at radius 3 is 2.50 bits per heavy atom. The zero-order valence-electron chi connectivity index (χ0n) is 9.86. The second-order valence-corrected chi connectivity index (χ2v) is 4.47. The predicted octanol–water partition coefficient (Wildman–Crippen LogP) is 3.02. The van der Waals surface area contributed by atoms with Gasteiger partial charge in [0.2, 0.25) is 0 Å². The van der Waals surface area contributed by atoms with Crippen LogP contribution in [0.5, 0.6) is 0 Å². The van der Waals surface area contributed by atoms with Gasteiger partial charge in [-0.1, -0.05) is 30.7 Å². The summed E-state index contributed by atoms with van der Waals surface area (Å²) in [5, 5.41) is 9.83. The normalized spacial score (nSPS) is 18.1. The first-order chi connectivity index (χ1) is 7.81. The molecule has 2 heteroatoms. The minimum Gasteiger partial charge on any atom is -0.386 e. The average Bonchev–Trinajstić information content (AvgIpc) is 2.24. The number of ether oxygens (including phenoxy) is 1. The Hall–Kier alpha value is -0.860. The van der Waals surface area contributed by atoms with Crippen LogP contribution in [0.1, 0.15) is 49.3 Å². The molecule has 0 heterocycles. The van der Waals surface area contributed by atoms with E-state index >= 15 is 0 Å². The molecule has 0 spiro atoms. The van der Waals surface area contributed by atoms with Crippen molar-refractivity contribution in [3.63, 3.8) is 0 Å². The fraction of sp³-hybridized carbons (Fsp3) is 0.571. The molecule has 1 aliphatic carbocycles. The molecule has 1 unspecified atom stereocenters. The van der Waals surface area contributed by atoms with Crippen molar-refractivity contribution in [1.29, 1.82) is 0 Å². The third kappa shape index (κ3) is 2.63. The predicted molar refractivity (Wildman–Crippen MR) is 64.5 cm³/mol. The molecule has 1 aromatic carbocycles. The topological polar surface area (TPSA) is 29.5 Å². The average molecular weight is 220 g/mol. The maximum Gasteiger partial charge on any atom is 0.102 e. The van der Waals surface area contributed by atoms with Crippen molar-refractivity contribution in [3.8, 4) is 0 Å². The zero-order valence-corrected chi connectivity index (χ0v) is 9.86. The highest BCUT2D eigenvalue weighted by Gasteiger charge is 2.19. The molecule has 1 fully saturated rings. The summed E-state index contributed by atoms with van der Waals surface area (Å²) in [6.07, 6.45) is 3.51. The van der Waals surface area contributed by atoms with Crippen LogP contribution in [0.25, 0.3) is 0 Å². The molecule has 1 N–H and O–H groups in total. The number of hydrogen-bond donors (Lipinski definition) is 1. The fourth-order valence-corrected chi connectivity index (χ4v) is 2.06. The van der Waals surface area contributed by atoms with Crippen LogP contribution >= 0.6 is 0 Å². The summed E-state index contributed by atoms with van der Waals surface area (Å²) in [7, 11) is 0. The molecule has 0 radical (unpaired) electrons. The van der Waals surface area contributed by atoms with Gasteiger partial charge in [0.15, 0.2) is 0 Å². The Balaban J connectivity index is 1.95. The molecule has 0 amide bonds. The first-order valence-corrected chi connectivity index (χ1v) is 6.17. The molecule has 0 aromatic heterocycles. The van der Waals surface area contributed by atoms with E-state index in [-0.39, 0.29) is 0 Å². The van der Waals surface area contributed by atoms with Gasteiger partial charge in [-0.3, -0.25) is 0 Å². The number of hydrogen-bond acceptors (Lipinski definition) is 2. The van der Waals surface area contributed by atoms with Gasteiger partial charge in [-0.2, -0.15) is 0 Å². The van der Waals surface area contributed by atoms with Gasteiger partial charge in [-0.25, -0.2) is 0 Å². The summed E-state index contributed by atoms with van der Waals surface area (Å²) in [6.45, 7) is 2.98. The Morgan fingerprint density at radius 1 is 1.31 bits per heavy atom. The van der Waals surface area contributed by atoms with E-state index in [4.69, 9.17) is 4.74 Å². The molecular weight excluding hydrogens is 200 g/mol. The summed E-state index contributed by atoms with van der Waals surface area (Å²) in [4.78, 5) is 0. The summed E-state index contributed by atoms with van der Waals surface area (Å²) in [5.74, 6) is 0.762. The van der Waals surface area contributed by atoms with Crippen molar-refractivity contribution >= 4 is 0 Å². The largest absolute Gasteiger partial charge is 0.386 e. The van der Waals surface area contributed by atoms with E-state index in [1.165, 1.54) is 24.8 Å². The SMILES string of the molecule is CCOCC(O)c1ccc(C2CCC2)cc1. The maximum absolute atomic E-state index is 9.83. The van der Waals surface area contributed by atoms with Gasteiger partial charge in [0, 0.05) is 6.61 Å². The quantitative estimate of drug-likeness (QED) is 0.826. The molecule has 0 saturated heterocycles. The summed E-state index contributed by atoms with van der Waals surface area (Å²) in [5.41, 5.74) is 2.37. The fourth-order valence-electron chi connectivity index (χ4n) is 2.06. The van der Waals surface area contributed by atoms with Gasteiger partial charge >= 0.3 is 0 Å². The van der Waals surface area contributed by atoms with Gasteiger partial charge in [0.1, 0.15) is 6.10 Å². The second kappa shape index (κ2) is 5.46. The van der Waals surface area contributed by atoms with Crippen molar-refractivity contribution < 1.29 is 9.84 Å². The minimum absolute atomic E-state index is 0.388. The third-order valence-electron chi connectivity index (χ3n) is 3.38. The lowest BCUT2D eigenvalue weighted by Crippen LogP contribution is -2.10. The molecule has 1 saturated carbocycles. The van der Waals surface area contributed by atoms with E-state index in [0.717, 1.165) is 11.5 Å². The van der Waals surface area contributed by atoms with Gasteiger partial charge in [-0.05, 0) is 36.8 Å². The lowest BCUT2D eigenvalue weighted by atomic mass is 9.80. The van der Waals surface area contributed by atoms with E-state index < -0.39 is 6.10 Å². The smallest absolute Gasteiger partial charge is 0.102 e. The standard InChI is InChI=1S/C14H20O2/c1-2-16-10-14(15)13-8-6-12(7-9-13)11-4-3-5-11/h6-9,11,14-15H,2-5,10H2,1H3. The minimum atomic E-state index is -0.490. The summed E-state index contributed by atoms with van der Waals surface area (Å²) >= 11 is 0. The molecule has 0 bridgehead atoms. The van der Waals surface area contributed by atoms with Crippen molar-refractivity contribution in [3.05, 3.63) is 35.4 Å². The molecule has 1 aromatic rings. The van der Waals surface area contributed by atoms with Crippen LogP contribution < -0.4 is 0 Å². The van der Waals surface area contributed by atoms with Crippen LogP contribution in [0.15, 0.2) is 24.3 Å². The molecule has 1 atom stereocenters. The summed E-state index contributed by atoms with van der Waals surface area (Å²) in [6, 6.07) is 8.34. The number of benzene rings is 1. The Morgan fingerprint density at radius 2 is 2.00 bits per heavy atom. The molecule has 1 aliphatic rings. The monoisotopic (exact) mass is 220 g/mol. The number of aliphatic hydroxyl groups excluding tert-OH is 1. The zero-order chi connectivity index (χ0) is 11.4. The van der Waals surface area contributed by atoms with E-state index in [0.29, 0.717) is 13.2 Å². The lowest BCUT2D eigenvalue weighted by molar-refractivity contribution is 0.0420. The van der Waals surface area contributed by atoms with Crippen molar-refractivity contribution in [2.45, 2.75) is 38.2 Å². The van der Waals surface area contributed by atoms with E-state index in [1.54, 1.807) is 0 Å². The highest BCUT2D eigenvalue weighted by molar-refractivity contribution is 5.27. The third-order valence-corrected chi connectivity index (χ3v) is 3.38. The van der Waals surface area contributed by atoms with Crippen LogP contribution in [0, 0.1) is 0 Å². The molecule has 0 aliphatic heterocycles. The van der Waals surface area contributed by atoms with Crippen molar-refractivity contribution in [1.82, 2.24) is 0 Å². The van der Waals surface area contributed by atoms with E-state index in [2.05, 4.69) is 12.1 Å². The molecular formula is C14H20O2. The van der Waals surface area contributed by atoms with Crippen LogP contribution in [0.4, 0.5) is 0 Å². The highest BCUT2D eigenvalue weighted by atomic mass is 16.5. The van der Waals surface area contributed by atoms with Crippen molar-refractivity contribution in [2.75, 3.05) is 13.2 Å². The van der Waals surface area contributed by atoms with Gasteiger partial charge in [-0.15, -0.1) is 0 Å². The van der Waals surface area contributed by atoms with Crippen LogP contribution in [-0.4, -0.2) is 18.3 Å². The van der Waals surface area contributed by atoms with Gasteiger partial charge in [0.05, 0.1) is 6.61 Å². The van der Waals surface area contributed by atoms with E-state index in [9.17, 15) is 5.11 Å². The van der Waals surface area contributed by atoms with Gasteiger partial charge in [0.25, 0.3) is 0 Å². The van der Waals surface area contributed by atoms with Crippen molar-refractivity contribution in [2.24, 2.45) is 0 Å². The van der Waals surface area contributed by atoms with Crippen LogP contribution in [0.2, 0.25) is 0 Å². The Labute approximate surface area is 97.3 Å². The van der Waals surface area contributed by atoms with Crippen LogP contribution in [0.3, 0.4) is 0 Å². The second-order valence-electron chi connectivity index (χ2n) is 4.47. The first-order valence-electron chi connectivity index (χ1n) is 6.17. The highest BCUT2D eigenvalue weighted by Crippen LogP contribution is 2.36. The summed E-state index contributed by atoms with van der Waals surface area (Å²) < 4.78 is 5.21. The molecule has 16 heavy (non-hydrogen) atoms. The molecule has 88 valence electrons. The first kappa shape index (κ1) is 11.6. The van der Waals surface area contributed by atoms with Crippen LogP contribution in [-0.2, 0) is 4.74 Å². The number of rotatable bonds is 5. The molecule has 2 rings (SSSR count). The van der Waals surface area contributed by atoms with Gasteiger partial charge < -0.3 is 9.84 Å². The number of aliphatic hydroxyl groups is 1. The Kier molecular flexibility index (Phi) is 3.97.